The summed E-state index contributed by atoms with van der Waals surface area (Å²) < 4.78 is 0. The highest BCUT2D eigenvalue weighted by Crippen LogP contribution is 2.50. The van der Waals surface area contributed by atoms with Crippen molar-refractivity contribution in [1.29, 1.82) is 0 Å². The van der Waals surface area contributed by atoms with Gasteiger partial charge in [-0.25, -0.2) is 0 Å². The van der Waals surface area contributed by atoms with Gasteiger partial charge in [0.1, 0.15) is 0 Å². The molecular weight excluding hydrogens is 313 g/mol. The van der Waals surface area contributed by atoms with Gasteiger partial charge >= 0.3 is 0 Å². The van der Waals surface area contributed by atoms with Crippen molar-refractivity contribution < 1.29 is 0 Å². The zero-order valence-corrected chi connectivity index (χ0v) is 18.4. The maximum Gasteiger partial charge on any atom is 0.184 e. The van der Waals surface area contributed by atoms with Gasteiger partial charge in [-0.1, -0.05) is 91.2 Å². The maximum atomic E-state index is 2.43. The molecule has 1 aromatic carbocycles. The predicted octanol–water partition coefficient (Wildman–Crippen LogP) is 6.06. The van der Waals surface area contributed by atoms with E-state index in [2.05, 4.69) is 85.7 Å². The maximum absolute atomic E-state index is 2.43. The second-order valence-electron chi connectivity index (χ2n) is 7.88. The summed E-state index contributed by atoms with van der Waals surface area (Å²) in [4.78, 5) is 0. The number of benzene rings is 1. The summed E-state index contributed by atoms with van der Waals surface area (Å²) in [6.45, 7) is 20.2. The molecule has 0 atom stereocenters. The normalized spacial score (nSPS) is 12.4. The smallest absolute Gasteiger partial charge is 0.108 e. The fraction of sp³-hybridized carbons (Fsp3) is 0.700. The first-order valence-electron chi connectivity index (χ1n) is 9.30. The summed E-state index contributed by atoms with van der Waals surface area (Å²) in [7, 11) is 0.199. The van der Waals surface area contributed by atoms with E-state index in [1.807, 2.05) is 0 Å². The van der Waals surface area contributed by atoms with Gasteiger partial charge in [0, 0.05) is 0 Å². The summed E-state index contributed by atoms with van der Waals surface area (Å²) in [6.07, 6.45) is 0. The van der Waals surface area contributed by atoms with Gasteiger partial charge in [-0.05, 0) is 34.8 Å². The third-order valence-corrected chi connectivity index (χ3v) is 11.8. The summed E-state index contributed by atoms with van der Waals surface area (Å²) >= 11 is 0. The van der Waals surface area contributed by atoms with E-state index in [0.29, 0.717) is 0 Å². The minimum atomic E-state index is 0.0996. The Morgan fingerprint density at radius 3 is 1.30 bits per heavy atom. The molecule has 3 heteroatoms. The van der Waals surface area contributed by atoms with Crippen LogP contribution in [0.15, 0.2) is 30.3 Å². The highest BCUT2D eigenvalue weighted by atomic mass is 31.1. The molecule has 0 unspecified atom stereocenters. The molecule has 0 fully saturated rings. The van der Waals surface area contributed by atoms with Crippen LogP contribution in [0.1, 0.15) is 55.4 Å². The highest BCUT2D eigenvalue weighted by molar-refractivity contribution is 7.64. The summed E-state index contributed by atoms with van der Waals surface area (Å²) in [5.41, 5.74) is 4.91. The van der Waals surface area contributed by atoms with Gasteiger partial charge in [-0.3, -0.25) is 0 Å². The molecule has 1 aromatic rings. The first kappa shape index (κ1) is 21.2. The average molecular weight is 350 g/mol. The molecule has 0 spiro atoms. The lowest BCUT2D eigenvalue weighted by atomic mass is 9.48. The summed E-state index contributed by atoms with van der Waals surface area (Å²) in [5.74, 6) is 0. The first-order chi connectivity index (χ1) is 10.7. The quantitative estimate of drug-likeness (QED) is 0.375. The van der Waals surface area contributed by atoms with E-state index in [4.69, 9.17) is 0 Å². The minimum absolute atomic E-state index is 0.0996. The van der Waals surface area contributed by atoms with E-state index >= 15 is 0 Å². The van der Waals surface area contributed by atoms with Crippen molar-refractivity contribution in [2.75, 3.05) is 12.1 Å². The lowest BCUT2D eigenvalue weighted by Gasteiger charge is -2.33. The zero-order valence-electron chi connectivity index (χ0n) is 16.6. The predicted molar refractivity (Wildman–Crippen MR) is 116 cm³/mol. The molecule has 23 heavy (non-hydrogen) atoms. The second-order valence-corrected chi connectivity index (χ2v) is 14.8. The van der Waals surface area contributed by atoms with Gasteiger partial charge in [0.2, 0.25) is 0 Å². The molecule has 0 saturated heterocycles. The van der Waals surface area contributed by atoms with E-state index in [0.717, 1.165) is 29.3 Å². The third kappa shape index (κ3) is 6.88. The molecule has 0 aliphatic rings. The molecule has 0 amide bonds. The lowest BCUT2D eigenvalue weighted by molar-refractivity contribution is 1.01. The van der Waals surface area contributed by atoms with Crippen LogP contribution in [0.25, 0.3) is 0 Å². The van der Waals surface area contributed by atoms with Gasteiger partial charge in [0.25, 0.3) is 0 Å². The van der Waals surface area contributed by atoms with Crippen molar-refractivity contribution in [1.82, 2.24) is 0 Å². The van der Waals surface area contributed by atoms with Crippen LogP contribution in [-0.4, -0.2) is 41.5 Å². The monoisotopic (exact) mass is 350 g/mol. The van der Waals surface area contributed by atoms with E-state index in [9.17, 15) is 0 Å². The average Bonchev–Trinajstić information content (AvgIpc) is 2.46. The molecule has 0 saturated carbocycles. The van der Waals surface area contributed by atoms with Gasteiger partial charge in [0.05, 0.1) is 0 Å². The van der Waals surface area contributed by atoms with Crippen LogP contribution < -0.4 is 5.46 Å². The molecule has 0 N–H and O–H groups in total. The fourth-order valence-electron chi connectivity index (χ4n) is 3.54. The van der Waals surface area contributed by atoms with Crippen LogP contribution in [0.4, 0.5) is 0 Å². The SMILES string of the molecule is CC(C)P(CB(CP(C(C)C)C(C)C)c1ccccc1)C(C)C. The van der Waals surface area contributed by atoms with Crippen molar-refractivity contribution in [3.8, 4) is 0 Å². The molecular formula is C20H37BP2. The molecule has 0 aromatic heterocycles. The van der Waals surface area contributed by atoms with Crippen LogP contribution >= 0.6 is 15.8 Å². The van der Waals surface area contributed by atoms with Crippen molar-refractivity contribution in [3.63, 3.8) is 0 Å². The second kappa shape index (κ2) is 10.2. The largest absolute Gasteiger partial charge is 0.184 e. The highest BCUT2D eigenvalue weighted by Gasteiger charge is 2.29. The van der Waals surface area contributed by atoms with E-state index < -0.39 is 0 Å². The standard InChI is InChI=1S/C20H37BP2/c1-16(2)22(17(3)4)14-21(20-12-10-9-11-13-20)15-23(18(5)6)19(7)8/h9-13,16-19H,14-15H2,1-8H3. The number of hydrogen-bond donors (Lipinski definition) is 0. The fourth-order valence-corrected chi connectivity index (χ4v) is 9.51. The Morgan fingerprint density at radius 1 is 0.652 bits per heavy atom. The van der Waals surface area contributed by atoms with Crippen molar-refractivity contribution in [2.45, 2.75) is 78.0 Å². The number of hydrogen-bond acceptors (Lipinski definition) is 0. The Bertz CT molecular complexity index is 391. The van der Waals surface area contributed by atoms with Crippen molar-refractivity contribution >= 4 is 28.0 Å². The van der Waals surface area contributed by atoms with Crippen LogP contribution in [0.5, 0.6) is 0 Å². The Morgan fingerprint density at radius 2 is 1.00 bits per heavy atom. The summed E-state index contributed by atoms with van der Waals surface area (Å²) in [5, 5.41) is 0. The Balaban J connectivity index is 3.02. The van der Waals surface area contributed by atoms with E-state index in [1.165, 1.54) is 12.1 Å². The Labute approximate surface area is 148 Å². The van der Waals surface area contributed by atoms with Crippen molar-refractivity contribution in [2.24, 2.45) is 0 Å². The molecule has 0 heterocycles. The first-order valence-corrected chi connectivity index (χ1v) is 12.6. The molecule has 1 rings (SSSR count). The zero-order chi connectivity index (χ0) is 17.6. The van der Waals surface area contributed by atoms with Crippen LogP contribution in [-0.2, 0) is 0 Å². The molecule has 0 aliphatic heterocycles. The number of rotatable bonds is 9. The Hall–Kier alpha value is 0.145. The van der Waals surface area contributed by atoms with Crippen LogP contribution in [0, 0.1) is 0 Å². The lowest BCUT2D eigenvalue weighted by Crippen LogP contribution is -2.39. The van der Waals surface area contributed by atoms with Crippen LogP contribution in [0.2, 0.25) is 0 Å². The molecule has 0 aliphatic carbocycles. The van der Waals surface area contributed by atoms with Gasteiger partial charge in [-0.15, -0.1) is 15.8 Å². The third-order valence-electron chi connectivity index (χ3n) is 4.79. The molecule has 0 nitrogen and oxygen atoms in total. The van der Waals surface area contributed by atoms with Gasteiger partial charge in [-0.2, -0.15) is 0 Å². The van der Waals surface area contributed by atoms with Crippen molar-refractivity contribution in [3.05, 3.63) is 30.3 Å². The minimum Gasteiger partial charge on any atom is -0.108 e. The Kier molecular flexibility index (Phi) is 9.40. The van der Waals surface area contributed by atoms with E-state index in [-0.39, 0.29) is 15.8 Å². The molecule has 0 radical (unpaired) electrons. The molecule has 0 bridgehead atoms. The van der Waals surface area contributed by atoms with Gasteiger partial charge in [0.15, 0.2) is 6.71 Å². The molecule has 130 valence electrons. The van der Waals surface area contributed by atoms with Gasteiger partial charge < -0.3 is 0 Å². The topological polar surface area (TPSA) is 0 Å². The summed E-state index contributed by atoms with van der Waals surface area (Å²) in [6, 6.07) is 14.2. The van der Waals surface area contributed by atoms with Crippen LogP contribution in [0.3, 0.4) is 0 Å². The van der Waals surface area contributed by atoms with E-state index in [1.54, 1.807) is 5.46 Å².